The molecule has 0 fully saturated rings. The molecule has 19 heavy (non-hydrogen) atoms. The third-order valence-corrected chi connectivity index (χ3v) is 3.33. The number of aromatic nitrogens is 3. The van der Waals surface area contributed by atoms with Gasteiger partial charge in [0, 0.05) is 0 Å². The number of nitrogens with zero attached hydrogens (tertiary/aromatic N) is 3. The number of hydrogen-bond donors (Lipinski definition) is 1. The Morgan fingerprint density at radius 2 is 1.95 bits per heavy atom. The zero-order chi connectivity index (χ0) is 13.2. The molecule has 0 spiro atoms. The maximum absolute atomic E-state index is 5.96. The van der Waals surface area contributed by atoms with Crippen LogP contribution in [0.1, 0.15) is 25.1 Å². The Morgan fingerprint density at radius 3 is 2.74 bits per heavy atom. The van der Waals surface area contributed by atoms with E-state index in [2.05, 4.69) is 34.6 Å². The summed E-state index contributed by atoms with van der Waals surface area (Å²) in [5, 5.41) is 10.7. The van der Waals surface area contributed by atoms with E-state index in [0.29, 0.717) is 0 Å². The van der Waals surface area contributed by atoms with Crippen LogP contribution in [0.25, 0.3) is 16.5 Å². The molecule has 1 heterocycles. The average Bonchev–Trinajstić information content (AvgIpc) is 2.95. The first kappa shape index (κ1) is 11.9. The second kappa shape index (κ2) is 4.82. The molecule has 0 saturated heterocycles. The van der Waals surface area contributed by atoms with Crippen LogP contribution in [-0.4, -0.2) is 15.0 Å². The maximum atomic E-state index is 5.96. The summed E-state index contributed by atoms with van der Waals surface area (Å²) in [4.78, 5) is 0. The van der Waals surface area contributed by atoms with Crippen LogP contribution in [0.4, 0.5) is 0 Å². The van der Waals surface area contributed by atoms with Crippen molar-refractivity contribution >= 4 is 10.8 Å². The van der Waals surface area contributed by atoms with E-state index in [1.54, 1.807) is 4.68 Å². The Labute approximate surface area is 111 Å². The van der Waals surface area contributed by atoms with E-state index in [0.717, 1.165) is 17.8 Å². The van der Waals surface area contributed by atoms with Crippen LogP contribution >= 0.6 is 0 Å². The standard InChI is InChI=1S/C15H16N4/c1-2-14(16)15-10-19(18-17-15)13-8-7-11-5-3-4-6-12(11)9-13/h3-10,14H,2,16H2,1H3. The molecule has 2 N–H and O–H groups in total. The largest absolute Gasteiger partial charge is 0.323 e. The van der Waals surface area contributed by atoms with Gasteiger partial charge in [0.05, 0.1) is 23.6 Å². The van der Waals surface area contributed by atoms with Gasteiger partial charge in [0.15, 0.2) is 0 Å². The molecule has 0 amide bonds. The smallest absolute Gasteiger partial charge is 0.0998 e. The zero-order valence-corrected chi connectivity index (χ0v) is 10.8. The average molecular weight is 252 g/mol. The lowest BCUT2D eigenvalue weighted by Crippen LogP contribution is -2.08. The van der Waals surface area contributed by atoms with Crippen molar-refractivity contribution in [1.29, 1.82) is 0 Å². The highest BCUT2D eigenvalue weighted by atomic mass is 15.4. The summed E-state index contributed by atoms with van der Waals surface area (Å²) < 4.78 is 1.78. The fourth-order valence-corrected chi connectivity index (χ4v) is 2.10. The molecule has 4 nitrogen and oxygen atoms in total. The highest BCUT2D eigenvalue weighted by Gasteiger charge is 2.09. The van der Waals surface area contributed by atoms with E-state index in [-0.39, 0.29) is 6.04 Å². The Hall–Kier alpha value is -2.20. The minimum Gasteiger partial charge on any atom is -0.323 e. The van der Waals surface area contributed by atoms with Crippen molar-refractivity contribution < 1.29 is 0 Å². The van der Waals surface area contributed by atoms with Crippen molar-refractivity contribution in [3.8, 4) is 5.69 Å². The number of fused-ring (bicyclic) bond motifs is 1. The van der Waals surface area contributed by atoms with Crippen LogP contribution in [0.15, 0.2) is 48.7 Å². The van der Waals surface area contributed by atoms with E-state index in [1.165, 1.54) is 10.8 Å². The lowest BCUT2D eigenvalue weighted by Gasteiger charge is -2.03. The SMILES string of the molecule is CCC(N)c1cn(-c2ccc3ccccc3c2)nn1. The van der Waals surface area contributed by atoms with Crippen molar-refractivity contribution in [1.82, 2.24) is 15.0 Å². The van der Waals surface area contributed by atoms with E-state index < -0.39 is 0 Å². The molecular weight excluding hydrogens is 236 g/mol. The van der Waals surface area contributed by atoms with Crippen LogP contribution < -0.4 is 5.73 Å². The van der Waals surface area contributed by atoms with Gasteiger partial charge in [-0.3, -0.25) is 0 Å². The second-order valence-electron chi connectivity index (χ2n) is 4.63. The fourth-order valence-electron chi connectivity index (χ4n) is 2.10. The lowest BCUT2D eigenvalue weighted by molar-refractivity contribution is 0.670. The maximum Gasteiger partial charge on any atom is 0.0998 e. The van der Waals surface area contributed by atoms with Crippen molar-refractivity contribution in [2.45, 2.75) is 19.4 Å². The summed E-state index contributed by atoms with van der Waals surface area (Å²) in [5.41, 5.74) is 7.79. The Balaban J connectivity index is 2.01. The predicted octanol–water partition coefficient (Wildman–Crippen LogP) is 2.83. The molecule has 2 aromatic carbocycles. The molecule has 0 bridgehead atoms. The third-order valence-electron chi connectivity index (χ3n) is 3.33. The van der Waals surface area contributed by atoms with Gasteiger partial charge in [-0.25, -0.2) is 4.68 Å². The molecule has 1 unspecified atom stereocenters. The predicted molar refractivity (Wildman–Crippen MR) is 76.1 cm³/mol. The first-order valence-corrected chi connectivity index (χ1v) is 6.45. The van der Waals surface area contributed by atoms with Gasteiger partial charge in [-0.1, -0.05) is 42.5 Å². The molecule has 0 aliphatic rings. The molecule has 96 valence electrons. The molecule has 1 aromatic heterocycles. The van der Waals surface area contributed by atoms with E-state index in [4.69, 9.17) is 5.73 Å². The first-order valence-electron chi connectivity index (χ1n) is 6.45. The summed E-state index contributed by atoms with van der Waals surface area (Å²) in [6.45, 7) is 2.04. The van der Waals surface area contributed by atoms with Gasteiger partial charge in [0.25, 0.3) is 0 Å². The molecule has 3 rings (SSSR count). The molecule has 3 aromatic rings. The molecule has 0 radical (unpaired) electrons. The second-order valence-corrected chi connectivity index (χ2v) is 4.63. The molecule has 0 saturated carbocycles. The number of hydrogen-bond acceptors (Lipinski definition) is 3. The normalized spacial score (nSPS) is 12.7. The molecule has 0 aliphatic carbocycles. The molecular formula is C15H16N4. The Bertz CT molecular complexity index is 702. The Kier molecular flexibility index (Phi) is 3.01. The summed E-state index contributed by atoms with van der Waals surface area (Å²) >= 11 is 0. The number of rotatable bonds is 3. The minimum absolute atomic E-state index is 0.0470. The van der Waals surface area contributed by atoms with Gasteiger partial charge in [-0.2, -0.15) is 0 Å². The summed E-state index contributed by atoms with van der Waals surface area (Å²) in [6.07, 6.45) is 2.76. The van der Waals surface area contributed by atoms with Crippen molar-refractivity contribution in [2.75, 3.05) is 0 Å². The van der Waals surface area contributed by atoms with E-state index >= 15 is 0 Å². The van der Waals surface area contributed by atoms with Gasteiger partial charge in [-0.15, -0.1) is 5.10 Å². The monoisotopic (exact) mass is 252 g/mol. The van der Waals surface area contributed by atoms with Crippen molar-refractivity contribution in [3.63, 3.8) is 0 Å². The topological polar surface area (TPSA) is 56.7 Å². The summed E-state index contributed by atoms with van der Waals surface area (Å²) in [6, 6.07) is 14.4. The first-order chi connectivity index (χ1) is 9.28. The molecule has 1 atom stereocenters. The third kappa shape index (κ3) is 2.22. The number of benzene rings is 2. The van der Waals surface area contributed by atoms with Gasteiger partial charge in [-0.05, 0) is 29.3 Å². The summed E-state index contributed by atoms with van der Waals surface area (Å²) in [5.74, 6) is 0. The van der Waals surface area contributed by atoms with Crippen LogP contribution in [0, 0.1) is 0 Å². The zero-order valence-electron chi connectivity index (χ0n) is 10.8. The van der Waals surface area contributed by atoms with E-state index in [9.17, 15) is 0 Å². The van der Waals surface area contributed by atoms with Gasteiger partial charge in [0.1, 0.15) is 0 Å². The van der Waals surface area contributed by atoms with Crippen LogP contribution in [-0.2, 0) is 0 Å². The van der Waals surface area contributed by atoms with E-state index in [1.807, 2.05) is 31.3 Å². The number of nitrogens with two attached hydrogens (primary N) is 1. The van der Waals surface area contributed by atoms with Crippen molar-refractivity contribution in [2.24, 2.45) is 5.73 Å². The molecule has 4 heteroatoms. The minimum atomic E-state index is -0.0470. The van der Waals surface area contributed by atoms with Gasteiger partial charge < -0.3 is 5.73 Å². The highest BCUT2D eigenvalue weighted by molar-refractivity contribution is 5.84. The van der Waals surface area contributed by atoms with Crippen LogP contribution in [0.5, 0.6) is 0 Å². The van der Waals surface area contributed by atoms with Gasteiger partial charge >= 0.3 is 0 Å². The van der Waals surface area contributed by atoms with Crippen LogP contribution in [0.2, 0.25) is 0 Å². The van der Waals surface area contributed by atoms with Crippen LogP contribution in [0.3, 0.4) is 0 Å². The fraction of sp³-hybridized carbons (Fsp3) is 0.200. The quantitative estimate of drug-likeness (QED) is 0.779. The van der Waals surface area contributed by atoms with Gasteiger partial charge in [0.2, 0.25) is 0 Å². The highest BCUT2D eigenvalue weighted by Crippen LogP contribution is 2.19. The Morgan fingerprint density at radius 1 is 1.16 bits per heavy atom. The summed E-state index contributed by atoms with van der Waals surface area (Å²) in [7, 11) is 0. The van der Waals surface area contributed by atoms with Crippen molar-refractivity contribution in [3.05, 3.63) is 54.4 Å². The lowest BCUT2D eigenvalue weighted by atomic mass is 10.1. The molecule has 0 aliphatic heterocycles.